The van der Waals surface area contributed by atoms with Crippen molar-refractivity contribution in [2.75, 3.05) is 0 Å². The van der Waals surface area contributed by atoms with E-state index in [0.29, 0.717) is 11.4 Å². The number of carboxylic acids is 1. The van der Waals surface area contributed by atoms with Gasteiger partial charge in [-0.05, 0) is 23.9 Å². The van der Waals surface area contributed by atoms with E-state index >= 15 is 0 Å². The number of halogens is 3. The van der Waals surface area contributed by atoms with Crippen molar-refractivity contribution >= 4 is 11.7 Å². The molecule has 154 valence electrons. The van der Waals surface area contributed by atoms with Crippen LogP contribution in [-0.2, 0) is 33.8 Å². The molecule has 0 aliphatic heterocycles. The zero-order valence-corrected chi connectivity index (χ0v) is 17.4. The number of aromatic nitrogens is 3. The number of hydrogen-bond donors (Lipinski definition) is 3. The number of pyridine rings is 1. The number of aliphatic hydroxyl groups is 1. The molecule has 1 aromatic carbocycles. The van der Waals surface area contributed by atoms with Crippen molar-refractivity contribution in [1.82, 2.24) is 14.8 Å². The summed E-state index contributed by atoms with van der Waals surface area (Å²) in [4.78, 5) is 24.5. The molecule has 12 heteroatoms. The van der Waals surface area contributed by atoms with Gasteiger partial charge in [-0.3, -0.25) is 4.79 Å². The van der Waals surface area contributed by atoms with E-state index in [1.54, 1.807) is 0 Å². The van der Waals surface area contributed by atoms with Crippen LogP contribution in [-0.4, -0.2) is 30.9 Å². The number of rotatable bonds is 3. The molecule has 0 unspecified atom stereocenters. The van der Waals surface area contributed by atoms with E-state index in [1.165, 1.54) is 41.5 Å². The van der Waals surface area contributed by atoms with Gasteiger partial charge in [0.1, 0.15) is 5.82 Å². The molecule has 0 bridgehead atoms. The summed E-state index contributed by atoms with van der Waals surface area (Å²) in [5.41, 5.74) is 6.37. The monoisotopic (exact) mass is 579 g/mol. The third-order valence-electron chi connectivity index (χ3n) is 3.44. The topological polar surface area (TPSA) is 132 Å². The molecular formula is C17H14F3N4O4W-. The predicted molar refractivity (Wildman–Crippen MR) is 92.5 cm³/mol. The van der Waals surface area contributed by atoms with Gasteiger partial charge in [-0.15, -0.1) is 0 Å². The number of nitrogens with one attached hydrogen (secondary N) is 2. The largest absolute Gasteiger partial charge is 0.694 e. The van der Waals surface area contributed by atoms with Crippen LogP contribution in [0.5, 0.6) is 0 Å². The maximum Gasteiger partial charge on any atom is 0.416 e. The number of aromatic amines is 1. The Morgan fingerprint density at radius 2 is 1.86 bits per heavy atom. The van der Waals surface area contributed by atoms with E-state index in [9.17, 15) is 22.8 Å². The summed E-state index contributed by atoms with van der Waals surface area (Å²) in [6, 6.07) is 5.59. The molecule has 8 nitrogen and oxygen atoms in total. The fourth-order valence-electron chi connectivity index (χ4n) is 1.96. The normalized spacial score (nSPS) is 10.5. The number of aromatic carboxylic acids is 1. The maximum atomic E-state index is 12.0. The van der Waals surface area contributed by atoms with Crippen molar-refractivity contribution in [2.45, 2.75) is 12.8 Å². The summed E-state index contributed by atoms with van der Waals surface area (Å²) in [5, 5.41) is 21.0. The third kappa shape index (κ3) is 6.58. The van der Waals surface area contributed by atoms with Crippen molar-refractivity contribution in [1.29, 1.82) is 0 Å². The van der Waals surface area contributed by atoms with Crippen LogP contribution in [0.15, 0.2) is 53.7 Å². The molecule has 0 amide bonds. The molecule has 0 aliphatic rings. The summed E-state index contributed by atoms with van der Waals surface area (Å²) in [6.07, 6.45) is -0.625. The molecule has 3 aromatic rings. The number of nitrogens with zero attached hydrogens (tertiary/aromatic N) is 2. The molecule has 0 saturated carbocycles. The molecule has 0 fully saturated rings. The minimum Gasteiger partial charge on any atom is -0.694 e. The van der Waals surface area contributed by atoms with Gasteiger partial charge < -0.3 is 20.9 Å². The fraction of sp³-hybridized carbons (Fsp3) is 0.118. The van der Waals surface area contributed by atoms with E-state index < -0.39 is 23.1 Å². The number of carboxylic acid groups (broad SMARTS) is 1. The van der Waals surface area contributed by atoms with E-state index in [-0.39, 0.29) is 38.9 Å². The molecule has 2 heterocycles. The molecule has 29 heavy (non-hydrogen) atoms. The first kappa shape index (κ1) is 24.1. The summed E-state index contributed by atoms with van der Waals surface area (Å²) < 4.78 is 37.1. The van der Waals surface area contributed by atoms with Gasteiger partial charge >= 0.3 is 12.1 Å². The van der Waals surface area contributed by atoms with Crippen LogP contribution in [0.1, 0.15) is 21.5 Å². The Morgan fingerprint density at radius 3 is 2.31 bits per heavy atom. The zero-order chi connectivity index (χ0) is 20.9. The quantitative estimate of drug-likeness (QED) is 0.439. The molecule has 0 aliphatic carbocycles. The third-order valence-corrected chi connectivity index (χ3v) is 3.44. The minimum absolute atomic E-state index is 0. The van der Waals surface area contributed by atoms with Crippen molar-refractivity contribution < 1.29 is 49.2 Å². The van der Waals surface area contributed by atoms with Gasteiger partial charge in [0.25, 0.3) is 0 Å². The van der Waals surface area contributed by atoms with Crippen LogP contribution < -0.4 is 5.43 Å². The van der Waals surface area contributed by atoms with Gasteiger partial charge in [-0.2, -0.15) is 18.3 Å². The molecule has 2 aromatic heterocycles. The van der Waals surface area contributed by atoms with Gasteiger partial charge in [0.15, 0.2) is 5.43 Å². The Labute approximate surface area is 176 Å². The Kier molecular flexibility index (Phi) is 8.35. The van der Waals surface area contributed by atoms with Gasteiger partial charge in [0.2, 0.25) is 0 Å². The number of carbonyl (C=O) groups is 1. The van der Waals surface area contributed by atoms with Crippen LogP contribution in [0.25, 0.3) is 11.6 Å². The zero-order valence-electron chi connectivity index (χ0n) is 14.5. The van der Waals surface area contributed by atoms with Crippen molar-refractivity contribution in [3.05, 3.63) is 81.6 Å². The Hall–Kier alpha value is -2.91. The van der Waals surface area contributed by atoms with Gasteiger partial charge in [0, 0.05) is 33.3 Å². The standard InChI is InChI=1S/C9H7N4O3.C8H7F3O.W/c10-6-3-11-8(1-7(6)14)13-4-5(2-12-13)9(15)16;9-8(10,11)7-3-1-6(5-12)2-4-7;/h1-4,10H,(H,11,14)(H,15,16);1-4,12H,5H2;/q-1;;. The van der Waals surface area contributed by atoms with Crippen LogP contribution in [0.2, 0.25) is 0 Å². The summed E-state index contributed by atoms with van der Waals surface area (Å²) in [7, 11) is 0. The first-order chi connectivity index (χ1) is 13.1. The second kappa shape index (κ2) is 10.0. The molecule has 3 rings (SSSR count). The SMILES string of the molecule is OCc1ccc(C(F)(F)F)cc1.[NH-]c1c[nH]c(-n2cc(C(=O)O)cn2)cc1=O.[W]. The number of benzene rings is 1. The van der Waals surface area contributed by atoms with Crippen LogP contribution in [0, 0.1) is 0 Å². The second-order valence-electron chi connectivity index (χ2n) is 5.43. The maximum absolute atomic E-state index is 12.0. The smallest absolute Gasteiger partial charge is 0.416 e. The molecule has 0 spiro atoms. The van der Waals surface area contributed by atoms with Gasteiger partial charge in [-0.1, -0.05) is 17.8 Å². The molecule has 4 N–H and O–H groups in total. The van der Waals surface area contributed by atoms with Crippen molar-refractivity contribution in [3.63, 3.8) is 0 Å². The number of alkyl halides is 3. The van der Waals surface area contributed by atoms with Crippen molar-refractivity contribution in [3.8, 4) is 5.82 Å². The number of aliphatic hydroxyl groups excluding tert-OH is 1. The summed E-state index contributed by atoms with van der Waals surface area (Å²) in [5.74, 6) is -0.779. The second-order valence-corrected chi connectivity index (χ2v) is 5.43. The van der Waals surface area contributed by atoms with Gasteiger partial charge in [0.05, 0.1) is 23.9 Å². The predicted octanol–water partition coefficient (Wildman–Crippen LogP) is 3.14. The fourth-order valence-corrected chi connectivity index (χ4v) is 1.96. The summed E-state index contributed by atoms with van der Waals surface area (Å²) in [6.45, 7) is -0.238. The Bertz CT molecular complexity index is 1020. The first-order valence-corrected chi connectivity index (χ1v) is 7.61. The van der Waals surface area contributed by atoms with Crippen LogP contribution in [0.4, 0.5) is 18.9 Å². The number of H-pyrrole nitrogens is 1. The van der Waals surface area contributed by atoms with Gasteiger partial charge in [-0.25, -0.2) is 9.48 Å². The summed E-state index contributed by atoms with van der Waals surface area (Å²) >= 11 is 0. The van der Waals surface area contributed by atoms with E-state index in [2.05, 4.69) is 10.1 Å². The van der Waals surface area contributed by atoms with E-state index in [0.717, 1.165) is 12.1 Å². The average Bonchev–Trinajstić information content (AvgIpc) is 3.14. The Morgan fingerprint density at radius 1 is 1.24 bits per heavy atom. The minimum atomic E-state index is -4.30. The van der Waals surface area contributed by atoms with E-state index in [1.807, 2.05) is 0 Å². The molecule has 0 radical (unpaired) electrons. The first-order valence-electron chi connectivity index (χ1n) is 7.61. The molecular weight excluding hydrogens is 565 g/mol. The van der Waals surface area contributed by atoms with E-state index in [4.69, 9.17) is 15.9 Å². The molecule has 0 atom stereocenters. The van der Waals surface area contributed by atoms with Crippen LogP contribution in [0.3, 0.4) is 0 Å². The average molecular weight is 579 g/mol. The van der Waals surface area contributed by atoms with Crippen molar-refractivity contribution in [2.24, 2.45) is 0 Å². The Balaban J connectivity index is 0.000000292. The van der Waals surface area contributed by atoms with Crippen LogP contribution >= 0.6 is 0 Å². The number of hydrogen-bond acceptors (Lipinski definition) is 4. The molecule has 0 saturated heterocycles.